The molecule has 7 nitrogen and oxygen atoms in total. The van der Waals surface area contributed by atoms with Crippen LogP contribution in [0.4, 0.5) is 0 Å². The highest BCUT2D eigenvalue weighted by Crippen LogP contribution is 2.44. The third kappa shape index (κ3) is 5.76. The third-order valence-electron chi connectivity index (χ3n) is 7.01. The monoisotopic (exact) mass is 517 g/mol. The van der Waals surface area contributed by atoms with Crippen LogP contribution in [0.15, 0.2) is 4.99 Å². The lowest BCUT2D eigenvalue weighted by atomic mass is 9.95. The second-order valence-electron chi connectivity index (χ2n) is 9.40. The number of hydrogen-bond donors (Lipinski definition) is 2. The number of amides is 2. The van der Waals surface area contributed by atoms with Gasteiger partial charge in [-0.2, -0.15) is 0 Å². The minimum Gasteiger partial charge on any atom is -0.354 e. The molecule has 1 heterocycles. The van der Waals surface area contributed by atoms with E-state index in [2.05, 4.69) is 15.6 Å². The molecule has 164 valence electrons. The topological polar surface area (TPSA) is 77.0 Å². The Bertz CT molecular complexity index is 629. The van der Waals surface area contributed by atoms with E-state index in [1.807, 2.05) is 4.90 Å². The second kappa shape index (κ2) is 9.83. The Hall–Kier alpha value is -1.06. The van der Waals surface area contributed by atoms with Crippen LogP contribution in [0.2, 0.25) is 0 Å². The van der Waals surface area contributed by atoms with Gasteiger partial charge in [0, 0.05) is 45.2 Å². The lowest BCUT2D eigenvalue weighted by molar-refractivity contribution is -0.133. The molecule has 3 atom stereocenters. The molecule has 3 aliphatic carbocycles. The molecule has 4 rings (SSSR count). The maximum Gasteiger partial charge on any atom is 0.243 e. The Morgan fingerprint density at radius 3 is 2.28 bits per heavy atom. The highest BCUT2D eigenvalue weighted by Gasteiger charge is 2.40. The van der Waals surface area contributed by atoms with Gasteiger partial charge in [0.1, 0.15) is 6.54 Å². The van der Waals surface area contributed by atoms with Crippen LogP contribution in [0.1, 0.15) is 51.4 Å². The van der Waals surface area contributed by atoms with Crippen molar-refractivity contribution in [1.82, 2.24) is 20.4 Å². The number of fused-ring (bicyclic) bond motifs is 2. The van der Waals surface area contributed by atoms with E-state index in [9.17, 15) is 9.59 Å². The van der Waals surface area contributed by atoms with E-state index in [1.54, 1.807) is 19.0 Å². The van der Waals surface area contributed by atoms with Gasteiger partial charge in [0.25, 0.3) is 0 Å². The van der Waals surface area contributed by atoms with Gasteiger partial charge in [0.2, 0.25) is 11.8 Å². The summed E-state index contributed by atoms with van der Waals surface area (Å²) >= 11 is 0. The fraction of sp³-hybridized carbons (Fsp3) is 0.857. The van der Waals surface area contributed by atoms with Crippen LogP contribution in [0, 0.1) is 17.8 Å². The average Bonchev–Trinajstić information content (AvgIpc) is 3.34. The van der Waals surface area contributed by atoms with Gasteiger partial charge >= 0.3 is 0 Å². The number of carbonyl (C=O) groups excluding carboxylic acids is 2. The number of nitrogens with one attached hydrogen (secondary N) is 2. The number of aliphatic imine (C=N–C) groups is 1. The summed E-state index contributed by atoms with van der Waals surface area (Å²) in [6, 6.07) is 0.790. The third-order valence-corrected chi connectivity index (χ3v) is 7.01. The molecule has 0 aromatic heterocycles. The SMILES string of the molecule is CN(C)C(=O)CN=C(NC1CCN(C(=O)C2CC2)CC1)NC1CC2CCC1C2.I. The van der Waals surface area contributed by atoms with Crippen molar-refractivity contribution >= 4 is 41.8 Å². The molecule has 2 N–H and O–H groups in total. The number of hydrogen-bond acceptors (Lipinski definition) is 3. The molecule has 0 aromatic rings. The van der Waals surface area contributed by atoms with Crippen LogP contribution in [0.25, 0.3) is 0 Å². The van der Waals surface area contributed by atoms with Crippen molar-refractivity contribution in [2.75, 3.05) is 33.7 Å². The fourth-order valence-corrected chi connectivity index (χ4v) is 5.04. The normalized spacial score (nSPS) is 29.4. The van der Waals surface area contributed by atoms with Gasteiger partial charge < -0.3 is 20.4 Å². The average molecular weight is 517 g/mol. The predicted octanol–water partition coefficient (Wildman–Crippen LogP) is 1.82. The zero-order chi connectivity index (χ0) is 19.7. The van der Waals surface area contributed by atoms with E-state index in [4.69, 9.17) is 0 Å². The molecule has 3 saturated carbocycles. The van der Waals surface area contributed by atoms with Gasteiger partial charge in [-0.15, -0.1) is 24.0 Å². The molecular weight excluding hydrogens is 481 g/mol. The summed E-state index contributed by atoms with van der Waals surface area (Å²) in [5, 5.41) is 7.21. The molecule has 0 radical (unpaired) electrons. The molecule has 1 aliphatic heterocycles. The summed E-state index contributed by atoms with van der Waals surface area (Å²) in [7, 11) is 3.53. The van der Waals surface area contributed by atoms with E-state index in [0.29, 0.717) is 23.9 Å². The van der Waals surface area contributed by atoms with Gasteiger partial charge in [-0.25, -0.2) is 4.99 Å². The highest BCUT2D eigenvalue weighted by molar-refractivity contribution is 14.0. The van der Waals surface area contributed by atoms with Crippen LogP contribution in [-0.4, -0.2) is 73.4 Å². The lowest BCUT2D eigenvalue weighted by Crippen LogP contribution is -2.52. The quantitative estimate of drug-likeness (QED) is 0.332. The van der Waals surface area contributed by atoms with Crippen molar-refractivity contribution in [3.63, 3.8) is 0 Å². The maximum atomic E-state index is 12.3. The summed E-state index contributed by atoms with van der Waals surface area (Å²) in [6.07, 6.45) is 9.27. The van der Waals surface area contributed by atoms with E-state index in [1.165, 1.54) is 25.7 Å². The van der Waals surface area contributed by atoms with Crippen LogP contribution < -0.4 is 10.6 Å². The van der Waals surface area contributed by atoms with Crippen LogP contribution in [0.3, 0.4) is 0 Å². The molecule has 8 heteroatoms. The van der Waals surface area contributed by atoms with Gasteiger partial charge in [-0.05, 0) is 56.8 Å². The summed E-state index contributed by atoms with van der Waals surface area (Å²) in [4.78, 5) is 32.5. The summed E-state index contributed by atoms with van der Waals surface area (Å²) in [6.45, 7) is 1.82. The van der Waals surface area contributed by atoms with Gasteiger partial charge in [0.15, 0.2) is 5.96 Å². The molecule has 0 spiro atoms. The first kappa shape index (κ1) is 22.6. The first-order valence-corrected chi connectivity index (χ1v) is 11.1. The largest absolute Gasteiger partial charge is 0.354 e. The number of guanidine groups is 1. The zero-order valence-electron chi connectivity index (χ0n) is 17.7. The van der Waals surface area contributed by atoms with E-state index >= 15 is 0 Å². The first-order chi connectivity index (χ1) is 13.5. The van der Waals surface area contributed by atoms with Crippen molar-refractivity contribution in [2.45, 2.75) is 63.5 Å². The van der Waals surface area contributed by atoms with E-state index < -0.39 is 0 Å². The second-order valence-corrected chi connectivity index (χ2v) is 9.40. The van der Waals surface area contributed by atoms with Gasteiger partial charge in [-0.3, -0.25) is 9.59 Å². The van der Waals surface area contributed by atoms with Crippen LogP contribution >= 0.6 is 24.0 Å². The lowest BCUT2D eigenvalue weighted by Gasteiger charge is -2.34. The van der Waals surface area contributed by atoms with Crippen LogP contribution in [0.5, 0.6) is 0 Å². The number of likely N-dealkylation sites (tertiary alicyclic amines) is 1. The molecule has 4 fully saturated rings. The maximum absolute atomic E-state index is 12.3. The predicted molar refractivity (Wildman–Crippen MR) is 124 cm³/mol. The van der Waals surface area contributed by atoms with E-state index in [0.717, 1.165) is 56.6 Å². The highest BCUT2D eigenvalue weighted by atomic mass is 127. The molecule has 29 heavy (non-hydrogen) atoms. The molecule has 3 unspecified atom stereocenters. The van der Waals surface area contributed by atoms with Crippen molar-refractivity contribution < 1.29 is 9.59 Å². The zero-order valence-corrected chi connectivity index (χ0v) is 20.1. The number of rotatable bonds is 5. The number of carbonyl (C=O) groups is 2. The Labute approximate surface area is 191 Å². The first-order valence-electron chi connectivity index (χ1n) is 11.1. The molecule has 2 amide bonds. The number of nitrogens with zero attached hydrogens (tertiary/aromatic N) is 3. The van der Waals surface area contributed by atoms with Gasteiger partial charge in [-0.1, -0.05) is 6.42 Å². The summed E-state index contributed by atoms with van der Waals surface area (Å²) < 4.78 is 0. The molecule has 2 bridgehead atoms. The minimum absolute atomic E-state index is 0. The molecular formula is C21H36IN5O2. The minimum atomic E-state index is 0. The molecule has 4 aliphatic rings. The smallest absolute Gasteiger partial charge is 0.243 e. The number of halogens is 1. The van der Waals surface area contributed by atoms with Crippen molar-refractivity contribution in [3.05, 3.63) is 0 Å². The Morgan fingerprint density at radius 1 is 1.00 bits per heavy atom. The van der Waals surface area contributed by atoms with Crippen LogP contribution in [-0.2, 0) is 9.59 Å². The van der Waals surface area contributed by atoms with Gasteiger partial charge in [0.05, 0.1) is 0 Å². The van der Waals surface area contributed by atoms with E-state index in [-0.39, 0.29) is 36.4 Å². The number of piperidine rings is 1. The summed E-state index contributed by atoms with van der Waals surface area (Å²) in [5.74, 6) is 3.06. The number of likely N-dealkylation sites (N-methyl/N-ethyl adjacent to an activating group) is 1. The Kier molecular flexibility index (Phi) is 7.67. The van der Waals surface area contributed by atoms with Crippen molar-refractivity contribution in [2.24, 2.45) is 22.7 Å². The van der Waals surface area contributed by atoms with Crippen molar-refractivity contribution in [3.8, 4) is 0 Å². The van der Waals surface area contributed by atoms with Crippen molar-refractivity contribution in [1.29, 1.82) is 0 Å². The Balaban J connectivity index is 0.00000240. The Morgan fingerprint density at radius 2 is 1.72 bits per heavy atom. The molecule has 0 aromatic carbocycles. The molecule has 1 saturated heterocycles. The summed E-state index contributed by atoms with van der Waals surface area (Å²) in [5.41, 5.74) is 0. The fourth-order valence-electron chi connectivity index (χ4n) is 5.04. The standard InChI is InChI=1S/C21H35N5O2.HI/c1-25(2)19(27)13-22-21(24-18-12-14-3-4-16(18)11-14)23-17-7-9-26(10-8-17)20(28)15-5-6-15;/h14-18H,3-13H2,1-2H3,(H2,22,23,24);1H.